The first-order valence-electron chi connectivity index (χ1n) is 8.92. The molecule has 3 aromatic heterocycles. The van der Waals surface area contributed by atoms with Crippen molar-refractivity contribution in [2.45, 2.75) is 38.5 Å². The number of fused-ring (bicyclic) bond motifs is 2. The van der Waals surface area contributed by atoms with Gasteiger partial charge in [0.2, 0.25) is 0 Å². The minimum absolute atomic E-state index is 0.0514. The molecule has 7 nitrogen and oxygen atoms in total. The summed E-state index contributed by atoms with van der Waals surface area (Å²) in [4.78, 5) is 24.7. The standard InChI is InChI=1S/C18H19N5O2S/c24-16-8-12-10-25-6-3-15(12)21-23(16)9-13-2-1-5-22(13)17-14-4-7-26-18(14)20-11-19-17/h4,7-8,11,13H,1-3,5-6,9-10H2. The first-order valence-corrected chi connectivity index (χ1v) is 9.80. The van der Waals surface area contributed by atoms with Crippen molar-refractivity contribution in [1.82, 2.24) is 19.7 Å². The van der Waals surface area contributed by atoms with E-state index >= 15 is 0 Å². The molecule has 0 spiro atoms. The van der Waals surface area contributed by atoms with Crippen molar-refractivity contribution in [2.75, 3.05) is 18.1 Å². The Morgan fingerprint density at radius 2 is 2.31 bits per heavy atom. The summed E-state index contributed by atoms with van der Waals surface area (Å²) in [6.45, 7) is 2.69. The lowest BCUT2D eigenvalue weighted by Gasteiger charge is -2.27. The number of hydrogen-bond donors (Lipinski definition) is 0. The second kappa shape index (κ2) is 6.44. The van der Waals surface area contributed by atoms with Crippen molar-refractivity contribution >= 4 is 27.4 Å². The molecule has 3 aromatic rings. The Balaban J connectivity index is 1.47. The summed E-state index contributed by atoms with van der Waals surface area (Å²) in [7, 11) is 0. The number of thiophene rings is 1. The third-order valence-electron chi connectivity index (χ3n) is 5.18. The van der Waals surface area contributed by atoms with Gasteiger partial charge in [-0.05, 0) is 24.3 Å². The summed E-state index contributed by atoms with van der Waals surface area (Å²) >= 11 is 1.63. The predicted octanol–water partition coefficient (Wildman–Crippen LogP) is 1.99. The Morgan fingerprint density at radius 1 is 1.35 bits per heavy atom. The summed E-state index contributed by atoms with van der Waals surface area (Å²) in [6.07, 6.45) is 4.52. The zero-order valence-electron chi connectivity index (χ0n) is 14.3. The zero-order valence-corrected chi connectivity index (χ0v) is 15.1. The molecule has 0 amide bonds. The normalized spacial score (nSPS) is 19.8. The van der Waals surface area contributed by atoms with E-state index in [0.717, 1.165) is 53.1 Å². The van der Waals surface area contributed by atoms with E-state index in [-0.39, 0.29) is 11.6 Å². The van der Waals surface area contributed by atoms with Gasteiger partial charge in [0.05, 0.1) is 36.9 Å². The van der Waals surface area contributed by atoms with Crippen LogP contribution in [-0.2, 0) is 24.3 Å². The molecule has 0 N–H and O–H groups in total. The van der Waals surface area contributed by atoms with Crippen LogP contribution in [0.1, 0.15) is 24.1 Å². The van der Waals surface area contributed by atoms with Crippen LogP contribution in [0.3, 0.4) is 0 Å². The van der Waals surface area contributed by atoms with Gasteiger partial charge in [0.15, 0.2) is 0 Å². The van der Waals surface area contributed by atoms with Crippen LogP contribution in [0.2, 0.25) is 0 Å². The highest BCUT2D eigenvalue weighted by Crippen LogP contribution is 2.32. The smallest absolute Gasteiger partial charge is 0.267 e. The number of aromatic nitrogens is 4. The molecule has 1 unspecified atom stereocenters. The molecule has 8 heteroatoms. The van der Waals surface area contributed by atoms with E-state index in [1.807, 2.05) is 5.38 Å². The Kier molecular flexibility index (Phi) is 3.94. The van der Waals surface area contributed by atoms with Gasteiger partial charge in [-0.1, -0.05) is 0 Å². The number of ether oxygens (including phenoxy) is 1. The molecule has 2 aliphatic rings. The topological polar surface area (TPSA) is 73.1 Å². The van der Waals surface area contributed by atoms with E-state index in [2.05, 4.69) is 26.0 Å². The summed E-state index contributed by atoms with van der Waals surface area (Å²) in [6, 6.07) is 3.98. The summed E-state index contributed by atoms with van der Waals surface area (Å²) in [5.74, 6) is 0.971. The number of rotatable bonds is 3. The Morgan fingerprint density at radius 3 is 3.27 bits per heavy atom. The molecule has 1 saturated heterocycles. The molecule has 0 saturated carbocycles. The fourth-order valence-corrected chi connectivity index (χ4v) is 4.62. The van der Waals surface area contributed by atoms with Crippen molar-refractivity contribution < 1.29 is 4.74 Å². The van der Waals surface area contributed by atoms with Gasteiger partial charge in [0.25, 0.3) is 5.56 Å². The molecule has 2 aliphatic heterocycles. The molecule has 0 bridgehead atoms. The molecule has 0 aliphatic carbocycles. The molecule has 5 heterocycles. The monoisotopic (exact) mass is 369 g/mol. The van der Waals surface area contributed by atoms with Gasteiger partial charge >= 0.3 is 0 Å². The molecular formula is C18H19N5O2S. The van der Waals surface area contributed by atoms with Crippen molar-refractivity contribution in [3.05, 3.63) is 45.5 Å². The second-order valence-electron chi connectivity index (χ2n) is 6.77. The van der Waals surface area contributed by atoms with Gasteiger partial charge in [-0.25, -0.2) is 14.6 Å². The van der Waals surface area contributed by atoms with E-state index in [1.165, 1.54) is 0 Å². The van der Waals surface area contributed by atoms with E-state index < -0.39 is 0 Å². The van der Waals surface area contributed by atoms with E-state index in [0.29, 0.717) is 19.8 Å². The van der Waals surface area contributed by atoms with Crippen LogP contribution in [0.15, 0.2) is 28.6 Å². The average Bonchev–Trinajstić information content (AvgIpc) is 3.31. The maximum absolute atomic E-state index is 12.5. The molecule has 0 aromatic carbocycles. The van der Waals surface area contributed by atoms with Gasteiger partial charge in [-0.2, -0.15) is 5.10 Å². The van der Waals surface area contributed by atoms with Crippen LogP contribution in [0.25, 0.3) is 10.2 Å². The van der Waals surface area contributed by atoms with Crippen LogP contribution in [-0.4, -0.2) is 38.9 Å². The van der Waals surface area contributed by atoms with Gasteiger partial charge in [-0.3, -0.25) is 4.79 Å². The van der Waals surface area contributed by atoms with Crippen LogP contribution in [0.5, 0.6) is 0 Å². The predicted molar refractivity (Wildman–Crippen MR) is 99.6 cm³/mol. The Hall–Kier alpha value is -2.32. The lowest BCUT2D eigenvalue weighted by molar-refractivity contribution is 0.108. The molecular weight excluding hydrogens is 350 g/mol. The second-order valence-corrected chi connectivity index (χ2v) is 7.66. The van der Waals surface area contributed by atoms with Gasteiger partial charge in [0.1, 0.15) is 17.0 Å². The van der Waals surface area contributed by atoms with E-state index in [9.17, 15) is 4.79 Å². The van der Waals surface area contributed by atoms with Crippen LogP contribution < -0.4 is 10.5 Å². The lowest BCUT2D eigenvalue weighted by Crippen LogP contribution is -2.38. The highest BCUT2D eigenvalue weighted by atomic mass is 32.1. The van der Waals surface area contributed by atoms with Crippen molar-refractivity contribution in [2.24, 2.45) is 0 Å². The van der Waals surface area contributed by atoms with E-state index in [4.69, 9.17) is 4.74 Å². The fourth-order valence-electron chi connectivity index (χ4n) is 3.89. The maximum atomic E-state index is 12.5. The zero-order chi connectivity index (χ0) is 17.5. The Labute approximate surface area is 154 Å². The van der Waals surface area contributed by atoms with Crippen LogP contribution >= 0.6 is 11.3 Å². The molecule has 134 valence electrons. The van der Waals surface area contributed by atoms with Gasteiger partial charge in [-0.15, -0.1) is 11.3 Å². The third-order valence-corrected chi connectivity index (χ3v) is 6.00. The van der Waals surface area contributed by atoms with Crippen molar-refractivity contribution in [1.29, 1.82) is 0 Å². The molecule has 5 rings (SSSR count). The quantitative estimate of drug-likeness (QED) is 0.703. The first-order chi connectivity index (χ1) is 12.8. The molecule has 1 fully saturated rings. The average molecular weight is 369 g/mol. The number of hydrogen-bond acceptors (Lipinski definition) is 7. The van der Waals surface area contributed by atoms with Crippen molar-refractivity contribution in [3.63, 3.8) is 0 Å². The minimum Gasteiger partial charge on any atom is -0.376 e. The maximum Gasteiger partial charge on any atom is 0.267 e. The molecule has 1 atom stereocenters. The molecule has 26 heavy (non-hydrogen) atoms. The fraction of sp³-hybridized carbons (Fsp3) is 0.444. The van der Waals surface area contributed by atoms with Crippen LogP contribution in [0.4, 0.5) is 5.82 Å². The summed E-state index contributed by atoms with van der Waals surface area (Å²) in [5.41, 5.74) is 1.86. The number of anilines is 1. The van der Waals surface area contributed by atoms with E-state index in [1.54, 1.807) is 28.4 Å². The summed E-state index contributed by atoms with van der Waals surface area (Å²) < 4.78 is 7.05. The van der Waals surface area contributed by atoms with Gasteiger partial charge in [0, 0.05) is 24.6 Å². The Bertz CT molecular complexity index is 1010. The minimum atomic E-state index is -0.0514. The summed E-state index contributed by atoms with van der Waals surface area (Å²) in [5, 5.41) is 7.76. The van der Waals surface area contributed by atoms with Crippen LogP contribution in [0, 0.1) is 0 Å². The van der Waals surface area contributed by atoms with Crippen molar-refractivity contribution in [3.8, 4) is 0 Å². The van der Waals surface area contributed by atoms with Gasteiger partial charge < -0.3 is 9.64 Å². The number of nitrogens with zero attached hydrogens (tertiary/aromatic N) is 5. The largest absolute Gasteiger partial charge is 0.376 e. The third kappa shape index (κ3) is 2.69. The SMILES string of the molecule is O=c1cc2c(nn1CC1CCCN1c1ncnc3sccc13)CCOC2. The lowest BCUT2D eigenvalue weighted by atomic mass is 10.1. The highest BCUT2D eigenvalue weighted by molar-refractivity contribution is 7.16. The highest BCUT2D eigenvalue weighted by Gasteiger charge is 2.28. The molecule has 0 radical (unpaired) electrons. The first kappa shape index (κ1) is 15.9.